The Morgan fingerprint density at radius 3 is 1.79 bits per heavy atom. The molecule has 0 spiro atoms. The zero-order valence-electron chi connectivity index (χ0n) is 24.5. The number of thiophene rings is 2. The van der Waals surface area contributed by atoms with Gasteiger partial charge in [0.05, 0.1) is 0 Å². The van der Waals surface area contributed by atoms with Crippen molar-refractivity contribution < 1.29 is 0 Å². The van der Waals surface area contributed by atoms with Crippen molar-refractivity contribution in [3.05, 3.63) is 103 Å². The van der Waals surface area contributed by atoms with Gasteiger partial charge < -0.3 is 5.32 Å². The van der Waals surface area contributed by atoms with Crippen LogP contribution in [-0.2, 0) is 0 Å². The molecule has 0 bridgehead atoms. The molecule has 7 aromatic rings. The van der Waals surface area contributed by atoms with Crippen LogP contribution in [0.4, 0.5) is 5.69 Å². The van der Waals surface area contributed by atoms with Gasteiger partial charge in [-0.2, -0.15) is 0 Å². The lowest BCUT2D eigenvalue weighted by Gasteiger charge is -2.08. The van der Waals surface area contributed by atoms with Gasteiger partial charge in [-0.3, -0.25) is 0 Å². The van der Waals surface area contributed by atoms with E-state index in [1.165, 1.54) is 112 Å². The molecule has 3 heteroatoms. The molecular weight excluding hydrogens is 547 g/mol. The molecule has 0 amide bonds. The largest absolute Gasteiger partial charge is 0.385 e. The predicted molar refractivity (Wildman–Crippen MR) is 190 cm³/mol. The normalized spacial score (nSPS) is 11.8. The van der Waals surface area contributed by atoms with Gasteiger partial charge in [0.25, 0.3) is 0 Å². The summed E-state index contributed by atoms with van der Waals surface area (Å²) in [5.41, 5.74) is 5.12. The van der Waals surface area contributed by atoms with E-state index in [9.17, 15) is 0 Å². The molecule has 1 N–H and O–H groups in total. The second-order valence-corrected chi connectivity index (χ2v) is 13.8. The molecule has 7 rings (SSSR count). The highest BCUT2D eigenvalue weighted by atomic mass is 32.1. The quantitative estimate of drug-likeness (QED) is 0.125. The lowest BCUT2D eigenvalue weighted by Crippen LogP contribution is -2.01. The van der Waals surface area contributed by atoms with Crippen LogP contribution in [0, 0.1) is 6.92 Å². The molecule has 1 nitrogen and oxygen atoms in total. The molecule has 210 valence electrons. The van der Waals surface area contributed by atoms with Crippen molar-refractivity contribution in [1.29, 1.82) is 0 Å². The third-order valence-electron chi connectivity index (χ3n) is 8.42. The number of aryl methyl sites for hydroxylation is 1. The van der Waals surface area contributed by atoms with Gasteiger partial charge in [0, 0.05) is 31.4 Å². The van der Waals surface area contributed by atoms with Crippen LogP contribution in [0.2, 0.25) is 0 Å². The Labute approximate surface area is 256 Å². The minimum Gasteiger partial charge on any atom is -0.385 e. The van der Waals surface area contributed by atoms with E-state index in [1.807, 2.05) is 22.7 Å². The van der Waals surface area contributed by atoms with Crippen LogP contribution < -0.4 is 5.32 Å². The summed E-state index contributed by atoms with van der Waals surface area (Å²) in [6.07, 6.45) is 7.96. The van der Waals surface area contributed by atoms with Gasteiger partial charge in [-0.05, 0) is 105 Å². The van der Waals surface area contributed by atoms with Gasteiger partial charge >= 0.3 is 0 Å². The van der Waals surface area contributed by atoms with Gasteiger partial charge in [0.15, 0.2) is 0 Å². The molecule has 0 atom stereocenters. The Morgan fingerprint density at radius 2 is 1.14 bits per heavy atom. The molecule has 42 heavy (non-hydrogen) atoms. The van der Waals surface area contributed by atoms with Crippen molar-refractivity contribution in [1.82, 2.24) is 0 Å². The first-order chi connectivity index (χ1) is 20.6. The third kappa shape index (κ3) is 5.56. The molecule has 0 aliphatic rings. The fourth-order valence-electron chi connectivity index (χ4n) is 6.13. The Hall–Kier alpha value is -3.66. The van der Waals surface area contributed by atoms with Gasteiger partial charge in [-0.25, -0.2) is 0 Å². The van der Waals surface area contributed by atoms with E-state index in [-0.39, 0.29) is 0 Å². The maximum Gasteiger partial charge on any atom is 0.0356 e. The summed E-state index contributed by atoms with van der Waals surface area (Å²) < 4.78 is 2.70. The van der Waals surface area contributed by atoms with E-state index in [0.717, 1.165) is 6.54 Å². The maximum absolute atomic E-state index is 3.66. The molecule has 0 aliphatic carbocycles. The second-order valence-electron chi connectivity index (χ2n) is 11.7. The molecule has 0 radical (unpaired) electrons. The van der Waals surface area contributed by atoms with Crippen molar-refractivity contribution in [3.8, 4) is 20.9 Å². The molecule has 0 fully saturated rings. The highest BCUT2D eigenvalue weighted by Crippen LogP contribution is 2.41. The number of benzene rings is 5. The van der Waals surface area contributed by atoms with Crippen LogP contribution in [0.25, 0.3) is 62.6 Å². The zero-order chi connectivity index (χ0) is 28.5. The minimum atomic E-state index is 1.05. The number of unbranched alkanes of at least 4 members (excludes halogenated alkanes) is 5. The standard InChI is InChI=1S/C39H37NS2/c1-3-4-5-6-7-8-17-40-33-14-10-13-30(21-33)37-23-32-20-28-16-15-27-19-31-22-36(29-12-9-11-26(2)18-29)41-38(31)24-34(27)35(28)25-39(32)42-37/h9-16,18-25,40H,3-8,17H2,1-2H3. The van der Waals surface area contributed by atoms with Crippen LogP contribution in [-0.4, -0.2) is 6.54 Å². The smallest absolute Gasteiger partial charge is 0.0356 e. The van der Waals surface area contributed by atoms with E-state index in [2.05, 4.69) is 116 Å². The van der Waals surface area contributed by atoms with E-state index in [4.69, 9.17) is 0 Å². The number of nitrogens with one attached hydrogen (secondary N) is 1. The van der Waals surface area contributed by atoms with Crippen LogP contribution in [0.15, 0.2) is 97.1 Å². The molecule has 5 aromatic carbocycles. The average molecular weight is 584 g/mol. The second kappa shape index (κ2) is 11.9. The number of rotatable bonds is 10. The van der Waals surface area contributed by atoms with Crippen molar-refractivity contribution in [2.45, 2.75) is 52.4 Å². The summed E-state index contributed by atoms with van der Waals surface area (Å²) in [6, 6.07) is 36.7. The van der Waals surface area contributed by atoms with Gasteiger partial charge in [0.1, 0.15) is 0 Å². The van der Waals surface area contributed by atoms with E-state index < -0.39 is 0 Å². The number of anilines is 1. The summed E-state index contributed by atoms with van der Waals surface area (Å²) in [4.78, 5) is 2.67. The fraction of sp³-hybridized carbons (Fsp3) is 0.231. The highest BCUT2D eigenvalue weighted by molar-refractivity contribution is 7.22. The van der Waals surface area contributed by atoms with Gasteiger partial charge in [0.2, 0.25) is 0 Å². The fourth-order valence-corrected chi connectivity index (χ4v) is 8.29. The Morgan fingerprint density at radius 1 is 0.548 bits per heavy atom. The van der Waals surface area contributed by atoms with E-state index in [0.29, 0.717) is 0 Å². The van der Waals surface area contributed by atoms with Crippen LogP contribution in [0.3, 0.4) is 0 Å². The lowest BCUT2D eigenvalue weighted by molar-refractivity contribution is 0.617. The summed E-state index contributed by atoms with van der Waals surface area (Å²) >= 11 is 3.80. The van der Waals surface area contributed by atoms with Crippen molar-refractivity contribution in [2.24, 2.45) is 0 Å². The Kier molecular flexibility index (Phi) is 7.71. The van der Waals surface area contributed by atoms with Crippen LogP contribution in [0.5, 0.6) is 0 Å². The topological polar surface area (TPSA) is 12.0 Å². The van der Waals surface area contributed by atoms with Crippen molar-refractivity contribution in [3.63, 3.8) is 0 Å². The first-order valence-corrected chi connectivity index (χ1v) is 17.0. The summed E-state index contributed by atoms with van der Waals surface area (Å²) in [7, 11) is 0. The summed E-state index contributed by atoms with van der Waals surface area (Å²) in [5.74, 6) is 0. The first-order valence-electron chi connectivity index (χ1n) is 15.4. The predicted octanol–water partition coefficient (Wildman–Crippen LogP) is 12.8. The van der Waals surface area contributed by atoms with Crippen molar-refractivity contribution >= 4 is 70.1 Å². The zero-order valence-corrected chi connectivity index (χ0v) is 26.1. The van der Waals surface area contributed by atoms with Gasteiger partial charge in [-0.15, -0.1) is 22.7 Å². The monoisotopic (exact) mass is 583 g/mol. The SMILES string of the molecule is CCCCCCCCNc1cccc(-c2cc3cc4ccc5cc6cc(-c7cccc(C)c7)sc6cc5c4cc3s2)c1. The van der Waals surface area contributed by atoms with E-state index >= 15 is 0 Å². The molecule has 0 aliphatic heterocycles. The average Bonchev–Trinajstić information content (AvgIpc) is 3.62. The molecule has 2 aromatic heterocycles. The molecule has 0 saturated heterocycles. The number of fused-ring (bicyclic) bond motifs is 5. The highest BCUT2D eigenvalue weighted by Gasteiger charge is 2.11. The molecule has 2 heterocycles. The molecular formula is C39H37NS2. The number of hydrogen-bond donors (Lipinski definition) is 1. The first kappa shape index (κ1) is 27.2. The van der Waals surface area contributed by atoms with Crippen LogP contribution >= 0.6 is 22.7 Å². The van der Waals surface area contributed by atoms with Crippen LogP contribution in [0.1, 0.15) is 51.0 Å². The Bertz CT molecular complexity index is 2030. The molecule has 0 unspecified atom stereocenters. The maximum atomic E-state index is 3.66. The van der Waals surface area contributed by atoms with Crippen molar-refractivity contribution in [2.75, 3.05) is 11.9 Å². The van der Waals surface area contributed by atoms with E-state index in [1.54, 1.807) is 0 Å². The summed E-state index contributed by atoms with van der Waals surface area (Å²) in [5, 5.41) is 11.6. The third-order valence-corrected chi connectivity index (χ3v) is 10.7. The van der Waals surface area contributed by atoms with Gasteiger partial charge in [-0.1, -0.05) is 93.1 Å². The lowest BCUT2D eigenvalue weighted by atomic mass is 9.99. The Balaban J connectivity index is 1.18. The summed E-state index contributed by atoms with van der Waals surface area (Å²) in [6.45, 7) is 5.49. The number of hydrogen-bond acceptors (Lipinski definition) is 3. The minimum absolute atomic E-state index is 1.05. The molecule has 0 saturated carbocycles.